The molecule has 1 rings (SSSR count). The van der Waals surface area contributed by atoms with Crippen molar-refractivity contribution in [2.24, 2.45) is 0 Å². The molecule has 0 bridgehead atoms. The molecule has 1 N–H and O–H groups in total. The van der Waals surface area contributed by atoms with Crippen LogP contribution in [-0.4, -0.2) is 57.5 Å². The molecule has 0 amide bonds. The molecule has 84 valence electrons. The highest BCUT2D eigenvalue weighted by Gasteiger charge is 2.17. The van der Waals surface area contributed by atoms with Gasteiger partial charge >= 0.3 is 0 Å². The molecule has 1 aliphatic heterocycles. The Hall–Kier alpha value is -0.130. The molecule has 0 unspecified atom stereocenters. The Morgan fingerprint density at radius 2 is 2.21 bits per heavy atom. The third-order valence-corrected chi connectivity index (χ3v) is 3.63. The Bertz CT molecular complexity index is 264. The first-order chi connectivity index (χ1) is 6.49. The second-order valence-corrected chi connectivity index (χ2v) is 6.33. The molecule has 5 heteroatoms. The fourth-order valence-corrected chi connectivity index (χ4v) is 2.40. The van der Waals surface area contributed by atoms with Crippen LogP contribution in [0.1, 0.15) is 13.3 Å². The van der Waals surface area contributed by atoms with Crippen LogP contribution >= 0.6 is 0 Å². The largest absolute Gasteiger partial charge is 0.314 e. The van der Waals surface area contributed by atoms with Crippen molar-refractivity contribution < 1.29 is 8.42 Å². The van der Waals surface area contributed by atoms with Gasteiger partial charge in [-0.1, -0.05) is 0 Å². The summed E-state index contributed by atoms with van der Waals surface area (Å²) in [5, 5.41) is 3.31. The zero-order chi connectivity index (χ0) is 10.6. The van der Waals surface area contributed by atoms with Gasteiger partial charge in [0.15, 0.2) is 0 Å². The van der Waals surface area contributed by atoms with Gasteiger partial charge in [0.25, 0.3) is 0 Å². The fourth-order valence-electron chi connectivity index (χ4n) is 1.75. The molecule has 1 fully saturated rings. The fraction of sp³-hybridized carbons (Fsp3) is 1.00. The van der Waals surface area contributed by atoms with Crippen molar-refractivity contribution in [3.63, 3.8) is 0 Å². The number of hydrogen-bond donors (Lipinski definition) is 1. The van der Waals surface area contributed by atoms with Crippen LogP contribution in [0.5, 0.6) is 0 Å². The van der Waals surface area contributed by atoms with E-state index < -0.39 is 9.84 Å². The standard InChI is InChI=1S/C9H20N2O2S/c1-9-8-10-4-6-11(9)5-3-7-14(2,12)13/h9-10H,3-8H2,1-2H3/t9-/m0/s1. The van der Waals surface area contributed by atoms with Crippen LogP contribution in [-0.2, 0) is 9.84 Å². The summed E-state index contributed by atoms with van der Waals surface area (Å²) < 4.78 is 21.8. The first kappa shape index (κ1) is 11.9. The highest BCUT2D eigenvalue weighted by atomic mass is 32.2. The lowest BCUT2D eigenvalue weighted by molar-refractivity contribution is 0.174. The first-order valence-electron chi connectivity index (χ1n) is 5.11. The van der Waals surface area contributed by atoms with Gasteiger partial charge in [0, 0.05) is 31.9 Å². The normalized spacial score (nSPS) is 25.1. The van der Waals surface area contributed by atoms with Gasteiger partial charge in [-0.3, -0.25) is 4.90 Å². The van der Waals surface area contributed by atoms with Crippen LogP contribution < -0.4 is 5.32 Å². The number of sulfone groups is 1. The van der Waals surface area contributed by atoms with Gasteiger partial charge in [0.2, 0.25) is 0 Å². The maximum Gasteiger partial charge on any atom is 0.147 e. The van der Waals surface area contributed by atoms with Crippen molar-refractivity contribution in [2.75, 3.05) is 38.2 Å². The molecule has 0 saturated carbocycles. The number of nitrogens with zero attached hydrogens (tertiary/aromatic N) is 1. The molecule has 14 heavy (non-hydrogen) atoms. The number of hydrogen-bond acceptors (Lipinski definition) is 4. The van der Waals surface area contributed by atoms with Gasteiger partial charge in [0.05, 0.1) is 5.75 Å². The van der Waals surface area contributed by atoms with Gasteiger partial charge in [-0.2, -0.15) is 0 Å². The molecule has 4 nitrogen and oxygen atoms in total. The van der Waals surface area contributed by atoms with Gasteiger partial charge in [0.1, 0.15) is 9.84 Å². The van der Waals surface area contributed by atoms with E-state index in [0.29, 0.717) is 11.8 Å². The van der Waals surface area contributed by atoms with Crippen molar-refractivity contribution in [2.45, 2.75) is 19.4 Å². The molecule has 0 radical (unpaired) electrons. The summed E-state index contributed by atoms with van der Waals surface area (Å²) in [6.07, 6.45) is 2.05. The summed E-state index contributed by atoms with van der Waals surface area (Å²) in [5.41, 5.74) is 0. The molecule has 0 aromatic rings. The first-order valence-corrected chi connectivity index (χ1v) is 7.17. The lowest BCUT2D eigenvalue weighted by Crippen LogP contribution is -2.50. The van der Waals surface area contributed by atoms with Crippen LogP contribution in [0.3, 0.4) is 0 Å². The molecule has 0 spiro atoms. The molecule has 0 aromatic heterocycles. The van der Waals surface area contributed by atoms with E-state index in [-0.39, 0.29) is 0 Å². The van der Waals surface area contributed by atoms with E-state index in [1.54, 1.807) is 0 Å². The maximum atomic E-state index is 10.9. The Labute approximate surface area is 86.6 Å². The van der Waals surface area contributed by atoms with Crippen LogP contribution in [0, 0.1) is 0 Å². The molecule has 1 atom stereocenters. The van der Waals surface area contributed by atoms with Crippen LogP contribution in [0.25, 0.3) is 0 Å². The van der Waals surface area contributed by atoms with E-state index in [0.717, 1.165) is 32.6 Å². The summed E-state index contributed by atoms with van der Waals surface area (Å²) in [6, 6.07) is 0.531. The SMILES string of the molecule is C[C@H]1CNCCN1CCCS(C)(=O)=O. The predicted molar refractivity (Wildman–Crippen MR) is 58.2 cm³/mol. The third kappa shape index (κ3) is 4.39. The molecule has 1 saturated heterocycles. The molecule has 0 aromatic carbocycles. The van der Waals surface area contributed by atoms with Gasteiger partial charge in [-0.25, -0.2) is 8.42 Å². The van der Waals surface area contributed by atoms with Gasteiger partial charge in [-0.15, -0.1) is 0 Å². The van der Waals surface area contributed by atoms with E-state index >= 15 is 0 Å². The van der Waals surface area contributed by atoms with E-state index in [4.69, 9.17) is 0 Å². The van der Waals surface area contributed by atoms with Crippen LogP contribution in [0.2, 0.25) is 0 Å². The minimum absolute atomic E-state index is 0.309. The number of nitrogens with one attached hydrogen (secondary N) is 1. The molecule has 1 heterocycles. The Balaban J connectivity index is 2.23. The van der Waals surface area contributed by atoms with E-state index in [1.165, 1.54) is 6.26 Å². The second kappa shape index (κ2) is 5.09. The predicted octanol–water partition coefficient (Wildman–Crippen LogP) is -0.285. The quantitative estimate of drug-likeness (QED) is 0.707. The van der Waals surface area contributed by atoms with E-state index in [9.17, 15) is 8.42 Å². The highest BCUT2D eigenvalue weighted by Crippen LogP contribution is 2.03. The Kier molecular flexibility index (Phi) is 4.34. The van der Waals surface area contributed by atoms with Crippen LogP contribution in [0.15, 0.2) is 0 Å². The summed E-state index contributed by atoms with van der Waals surface area (Å²) in [5.74, 6) is 0.309. The average Bonchev–Trinajstić information content (AvgIpc) is 2.06. The zero-order valence-corrected chi connectivity index (χ0v) is 9.81. The van der Waals surface area contributed by atoms with Gasteiger partial charge in [-0.05, 0) is 19.9 Å². The van der Waals surface area contributed by atoms with Crippen molar-refractivity contribution in [1.29, 1.82) is 0 Å². The monoisotopic (exact) mass is 220 g/mol. The van der Waals surface area contributed by atoms with Crippen molar-refractivity contribution in [3.8, 4) is 0 Å². The second-order valence-electron chi connectivity index (χ2n) is 4.07. The minimum atomic E-state index is -2.78. The molecule has 1 aliphatic rings. The zero-order valence-electron chi connectivity index (χ0n) is 8.99. The van der Waals surface area contributed by atoms with Crippen molar-refractivity contribution in [3.05, 3.63) is 0 Å². The van der Waals surface area contributed by atoms with Gasteiger partial charge < -0.3 is 5.32 Å². The molecule has 0 aliphatic carbocycles. The minimum Gasteiger partial charge on any atom is -0.314 e. The number of rotatable bonds is 4. The van der Waals surface area contributed by atoms with E-state index in [1.807, 2.05) is 0 Å². The smallest absolute Gasteiger partial charge is 0.147 e. The summed E-state index contributed by atoms with van der Waals surface area (Å²) in [7, 11) is -2.78. The topological polar surface area (TPSA) is 49.4 Å². The summed E-state index contributed by atoms with van der Waals surface area (Å²) >= 11 is 0. The molecular formula is C9H20N2O2S. The molecular weight excluding hydrogens is 200 g/mol. The Morgan fingerprint density at radius 1 is 1.50 bits per heavy atom. The highest BCUT2D eigenvalue weighted by molar-refractivity contribution is 7.90. The summed E-state index contributed by atoms with van der Waals surface area (Å²) in [4.78, 5) is 2.35. The lowest BCUT2D eigenvalue weighted by atomic mass is 10.2. The summed E-state index contributed by atoms with van der Waals surface area (Å²) in [6.45, 7) is 6.13. The van der Waals surface area contributed by atoms with E-state index in [2.05, 4.69) is 17.1 Å². The Morgan fingerprint density at radius 3 is 2.79 bits per heavy atom. The van der Waals surface area contributed by atoms with Crippen LogP contribution in [0.4, 0.5) is 0 Å². The number of piperazine rings is 1. The average molecular weight is 220 g/mol. The van der Waals surface area contributed by atoms with Crippen molar-refractivity contribution in [1.82, 2.24) is 10.2 Å². The maximum absolute atomic E-state index is 10.9. The third-order valence-electron chi connectivity index (χ3n) is 2.60. The van der Waals surface area contributed by atoms with Crippen molar-refractivity contribution >= 4 is 9.84 Å². The lowest BCUT2D eigenvalue weighted by Gasteiger charge is -2.33.